The summed E-state index contributed by atoms with van der Waals surface area (Å²) in [6, 6.07) is 15.3. The topological polar surface area (TPSA) is 38.3 Å². The summed E-state index contributed by atoms with van der Waals surface area (Å²) >= 11 is 3.49. The van der Waals surface area contributed by atoms with Crippen LogP contribution in [0.5, 0.6) is 5.75 Å². The van der Waals surface area contributed by atoms with E-state index >= 15 is 0 Å². The van der Waals surface area contributed by atoms with Gasteiger partial charge in [-0.3, -0.25) is 4.79 Å². The molecule has 0 aliphatic carbocycles. The molecule has 0 saturated heterocycles. The molecular formula is C18H18BrNO2. The van der Waals surface area contributed by atoms with E-state index in [1.165, 1.54) is 6.08 Å². The minimum atomic E-state index is -0.126. The molecule has 114 valence electrons. The van der Waals surface area contributed by atoms with E-state index in [4.69, 9.17) is 4.74 Å². The van der Waals surface area contributed by atoms with Crippen LogP contribution in [0.25, 0.3) is 6.08 Å². The number of nitrogens with one attached hydrogen (secondary N) is 1. The Bertz CT molecular complexity index is 665. The first-order chi connectivity index (χ1) is 10.6. The second-order valence-electron chi connectivity index (χ2n) is 4.86. The maximum Gasteiger partial charge on any atom is 0.244 e. The fraction of sp³-hybridized carbons (Fsp3) is 0.167. The van der Waals surface area contributed by atoms with Gasteiger partial charge in [0.05, 0.1) is 13.2 Å². The molecule has 2 rings (SSSR count). The largest absolute Gasteiger partial charge is 0.497 e. The minimum absolute atomic E-state index is 0.0661. The average molecular weight is 360 g/mol. The van der Waals surface area contributed by atoms with Gasteiger partial charge in [-0.1, -0.05) is 46.3 Å². The minimum Gasteiger partial charge on any atom is -0.497 e. The van der Waals surface area contributed by atoms with Gasteiger partial charge in [-0.15, -0.1) is 0 Å². The van der Waals surface area contributed by atoms with Gasteiger partial charge in [-0.2, -0.15) is 0 Å². The third-order valence-electron chi connectivity index (χ3n) is 3.27. The monoisotopic (exact) mass is 359 g/mol. The number of carbonyl (C=O) groups is 1. The number of hydrogen-bond acceptors (Lipinski definition) is 2. The van der Waals surface area contributed by atoms with Crippen molar-refractivity contribution >= 4 is 27.9 Å². The number of rotatable bonds is 5. The molecule has 1 N–H and O–H groups in total. The van der Waals surface area contributed by atoms with Gasteiger partial charge in [-0.25, -0.2) is 0 Å². The van der Waals surface area contributed by atoms with Crippen LogP contribution in [-0.4, -0.2) is 13.0 Å². The highest BCUT2D eigenvalue weighted by molar-refractivity contribution is 9.10. The van der Waals surface area contributed by atoms with Gasteiger partial charge in [0.25, 0.3) is 0 Å². The fourth-order valence-electron chi connectivity index (χ4n) is 2.05. The Morgan fingerprint density at radius 3 is 2.50 bits per heavy atom. The van der Waals surface area contributed by atoms with Crippen molar-refractivity contribution in [2.24, 2.45) is 0 Å². The normalized spacial score (nSPS) is 12.1. The van der Waals surface area contributed by atoms with Crippen LogP contribution in [0.2, 0.25) is 0 Å². The first-order valence-electron chi connectivity index (χ1n) is 6.97. The molecule has 2 aromatic rings. The lowest BCUT2D eigenvalue weighted by Gasteiger charge is -2.14. The lowest BCUT2D eigenvalue weighted by molar-refractivity contribution is -0.117. The van der Waals surface area contributed by atoms with Crippen LogP contribution in [0.15, 0.2) is 59.1 Å². The van der Waals surface area contributed by atoms with E-state index in [0.29, 0.717) is 0 Å². The summed E-state index contributed by atoms with van der Waals surface area (Å²) in [6.45, 7) is 1.96. The van der Waals surface area contributed by atoms with Crippen molar-refractivity contribution in [1.82, 2.24) is 5.32 Å². The summed E-state index contributed by atoms with van der Waals surface area (Å²) < 4.78 is 6.09. The number of ether oxygens (including phenoxy) is 1. The van der Waals surface area contributed by atoms with Crippen molar-refractivity contribution in [3.8, 4) is 5.75 Å². The van der Waals surface area contributed by atoms with Crippen molar-refractivity contribution < 1.29 is 9.53 Å². The van der Waals surface area contributed by atoms with Crippen LogP contribution >= 0.6 is 15.9 Å². The van der Waals surface area contributed by atoms with E-state index in [1.54, 1.807) is 13.2 Å². The number of hydrogen-bond donors (Lipinski definition) is 1. The molecule has 0 radical (unpaired) electrons. The Morgan fingerprint density at radius 2 is 1.86 bits per heavy atom. The summed E-state index contributed by atoms with van der Waals surface area (Å²) in [5.41, 5.74) is 2.00. The first kappa shape index (κ1) is 16.3. The molecular weight excluding hydrogens is 342 g/mol. The van der Waals surface area contributed by atoms with Crippen LogP contribution in [-0.2, 0) is 4.79 Å². The molecule has 0 saturated carbocycles. The van der Waals surface area contributed by atoms with Crippen molar-refractivity contribution in [3.63, 3.8) is 0 Å². The van der Waals surface area contributed by atoms with Crippen LogP contribution in [0, 0.1) is 0 Å². The lowest BCUT2D eigenvalue weighted by atomic mass is 10.1. The van der Waals surface area contributed by atoms with Crippen LogP contribution in [0.3, 0.4) is 0 Å². The van der Waals surface area contributed by atoms with E-state index in [1.807, 2.05) is 55.5 Å². The standard InChI is InChI=1S/C18H18BrNO2/c1-13(16-5-3-4-6-17(16)19)20-18(21)12-9-14-7-10-15(22-2)11-8-14/h3-13H,1-2H3,(H,20,21)/b12-9+/t13-/m0/s1. The van der Waals surface area contributed by atoms with Gasteiger partial charge in [0.15, 0.2) is 0 Å². The molecule has 1 amide bonds. The van der Waals surface area contributed by atoms with Gasteiger partial charge >= 0.3 is 0 Å². The molecule has 22 heavy (non-hydrogen) atoms. The van der Waals surface area contributed by atoms with Gasteiger partial charge in [-0.05, 0) is 42.3 Å². The van der Waals surface area contributed by atoms with Crippen LogP contribution in [0.4, 0.5) is 0 Å². The lowest BCUT2D eigenvalue weighted by Crippen LogP contribution is -2.24. The molecule has 0 spiro atoms. The third kappa shape index (κ3) is 4.46. The molecule has 0 heterocycles. The van der Waals surface area contributed by atoms with Crippen molar-refractivity contribution in [1.29, 1.82) is 0 Å². The second-order valence-corrected chi connectivity index (χ2v) is 5.71. The maximum absolute atomic E-state index is 12.0. The number of carbonyl (C=O) groups excluding carboxylic acids is 1. The molecule has 3 nitrogen and oxygen atoms in total. The smallest absolute Gasteiger partial charge is 0.244 e. The van der Waals surface area contributed by atoms with Crippen LogP contribution < -0.4 is 10.1 Å². The predicted octanol–water partition coefficient (Wildman–Crippen LogP) is 4.35. The van der Waals surface area contributed by atoms with Crippen molar-refractivity contribution in [2.75, 3.05) is 7.11 Å². The zero-order valence-electron chi connectivity index (χ0n) is 12.5. The van der Waals surface area contributed by atoms with Gasteiger partial charge in [0, 0.05) is 10.5 Å². The summed E-state index contributed by atoms with van der Waals surface area (Å²) in [4.78, 5) is 12.0. The highest BCUT2D eigenvalue weighted by Crippen LogP contribution is 2.22. The summed E-state index contributed by atoms with van der Waals surface area (Å²) in [5.74, 6) is 0.670. The highest BCUT2D eigenvalue weighted by Gasteiger charge is 2.10. The van der Waals surface area contributed by atoms with Gasteiger partial charge in [0.2, 0.25) is 5.91 Å². The first-order valence-corrected chi connectivity index (χ1v) is 7.76. The molecule has 1 atom stereocenters. The number of methoxy groups -OCH3 is 1. The Kier molecular flexibility index (Phi) is 5.78. The number of benzene rings is 2. The van der Waals surface area contributed by atoms with Crippen molar-refractivity contribution in [3.05, 3.63) is 70.2 Å². The summed E-state index contributed by atoms with van der Waals surface area (Å²) in [7, 11) is 1.63. The molecule has 0 fully saturated rings. The zero-order valence-corrected chi connectivity index (χ0v) is 14.1. The fourth-order valence-corrected chi connectivity index (χ4v) is 2.68. The number of halogens is 1. The number of amides is 1. The van der Waals surface area contributed by atoms with E-state index in [0.717, 1.165) is 21.3 Å². The maximum atomic E-state index is 12.0. The molecule has 0 aliphatic heterocycles. The Balaban J connectivity index is 1.97. The molecule has 0 bridgehead atoms. The molecule has 4 heteroatoms. The van der Waals surface area contributed by atoms with Gasteiger partial charge in [0.1, 0.15) is 5.75 Å². The van der Waals surface area contributed by atoms with E-state index in [9.17, 15) is 4.79 Å². The van der Waals surface area contributed by atoms with E-state index in [-0.39, 0.29) is 11.9 Å². The molecule has 0 aromatic heterocycles. The summed E-state index contributed by atoms with van der Waals surface area (Å²) in [5, 5.41) is 2.95. The SMILES string of the molecule is COc1ccc(/C=C/C(=O)N[C@@H](C)c2ccccc2Br)cc1. The van der Waals surface area contributed by atoms with E-state index in [2.05, 4.69) is 21.2 Å². The third-order valence-corrected chi connectivity index (χ3v) is 4.00. The Hall–Kier alpha value is -2.07. The predicted molar refractivity (Wildman–Crippen MR) is 92.7 cm³/mol. The van der Waals surface area contributed by atoms with Crippen molar-refractivity contribution in [2.45, 2.75) is 13.0 Å². The quantitative estimate of drug-likeness (QED) is 0.806. The van der Waals surface area contributed by atoms with Gasteiger partial charge < -0.3 is 10.1 Å². The van der Waals surface area contributed by atoms with E-state index < -0.39 is 0 Å². The average Bonchev–Trinajstić information content (AvgIpc) is 2.53. The Morgan fingerprint density at radius 1 is 1.18 bits per heavy atom. The second kappa shape index (κ2) is 7.80. The molecule has 2 aromatic carbocycles. The van der Waals surface area contributed by atoms with Crippen LogP contribution in [0.1, 0.15) is 24.1 Å². The highest BCUT2D eigenvalue weighted by atomic mass is 79.9. The molecule has 0 unspecified atom stereocenters. The molecule has 0 aliphatic rings. The summed E-state index contributed by atoms with van der Waals surface area (Å²) in [6.07, 6.45) is 3.32. The Labute approximate surface area is 139 Å². The zero-order chi connectivity index (χ0) is 15.9.